The van der Waals surface area contributed by atoms with Crippen LogP contribution in [0, 0.1) is 5.82 Å². The van der Waals surface area contributed by atoms with Crippen molar-refractivity contribution in [3.8, 4) is 10.6 Å². The molecule has 2 aromatic rings. The van der Waals surface area contributed by atoms with Gasteiger partial charge in [-0.25, -0.2) is 9.37 Å². The first-order valence-corrected chi connectivity index (χ1v) is 7.63. The number of rotatable bonds is 3. The maximum Gasteiger partial charge on any atom is 0.152 e. The molecule has 108 valence electrons. The Hall–Kier alpha value is -0.970. The van der Waals surface area contributed by atoms with Crippen molar-refractivity contribution in [2.24, 2.45) is 0 Å². The molecule has 1 aromatic carbocycles. The summed E-state index contributed by atoms with van der Waals surface area (Å²) in [6, 6.07) is 5.01. The maximum atomic E-state index is 14.1. The van der Waals surface area contributed by atoms with Gasteiger partial charge in [0, 0.05) is 22.4 Å². The van der Waals surface area contributed by atoms with E-state index in [1.54, 1.807) is 18.2 Å². The topological polar surface area (TPSA) is 24.9 Å². The van der Waals surface area contributed by atoms with E-state index in [9.17, 15) is 4.39 Å². The third kappa shape index (κ3) is 3.03. The van der Waals surface area contributed by atoms with Crippen molar-refractivity contribution in [1.82, 2.24) is 10.3 Å². The Morgan fingerprint density at radius 1 is 1.35 bits per heavy atom. The summed E-state index contributed by atoms with van der Waals surface area (Å²) in [4.78, 5) is 5.79. The Morgan fingerprint density at radius 3 is 2.65 bits per heavy atom. The fourth-order valence-corrected chi connectivity index (χ4v) is 3.48. The van der Waals surface area contributed by atoms with Gasteiger partial charge >= 0.3 is 0 Å². The third-order valence-electron chi connectivity index (χ3n) is 2.93. The van der Waals surface area contributed by atoms with Crippen LogP contribution in [-0.4, -0.2) is 12.0 Å². The number of hydrogen-bond acceptors (Lipinski definition) is 3. The quantitative estimate of drug-likeness (QED) is 0.894. The van der Waals surface area contributed by atoms with Crippen LogP contribution in [0.2, 0.25) is 5.02 Å². The molecule has 0 amide bonds. The minimum absolute atomic E-state index is 0.0734. The zero-order valence-corrected chi connectivity index (χ0v) is 13.6. The monoisotopic (exact) mass is 312 g/mol. The summed E-state index contributed by atoms with van der Waals surface area (Å²) in [6.07, 6.45) is 0. The molecule has 0 fully saturated rings. The van der Waals surface area contributed by atoms with Gasteiger partial charge in [0.15, 0.2) is 5.82 Å². The molecule has 0 aliphatic carbocycles. The lowest BCUT2D eigenvalue weighted by atomic mass is 9.91. The fourth-order valence-electron chi connectivity index (χ4n) is 2.00. The second kappa shape index (κ2) is 5.80. The van der Waals surface area contributed by atoms with Crippen LogP contribution in [0.4, 0.5) is 4.39 Å². The number of thiazole rings is 1. The van der Waals surface area contributed by atoms with Crippen LogP contribution in [0.1, 0.15) is 31.3 Å². The minimum atomic E-state index is -0.403. The molecule has 0 atom stereocenters. The normalized spacial score (nSPS) is 11.9. The van der Waals surface area contributed by atoms with Gasteiger partial charge in [-0.15, -0.1) is 11.3 Å². The van der Waals surface area contributed by atoms with E-state index in [2.05, 4.69) is 31.1 Å². The summed E-state index contributed by atoms with van der Waals surface area (Å²) < 4.78 is 14.1. The molecule has 0 aliphatic rings. The van der Waals surface area contributed by atoms with E-state index in [0.717, 1.165) is 17.1 Å². The molecule has 0 aliphatic heterocycles. The van der Waals surface area contributed by atoms with Crippen molar-refractivity contribution in [1.29, 1.82) is 0 Å². The van der Waals surface area contributed by atoms with Crippen molar-refractivity contribution in [3.63, 3.8) is 0 Å². The van der Waals surface area contributed by atoms with Gasteiger partial charge in [-0.2, -0.15) is 0 Å². The predicted molar refractivity (Wildman–Crippen MR) is 84.0 cm³/mol. The number of hydrogen-bond donors (Lipinski definition) is 1. The molecule has 20 heavy (non-hydrogen) atoms. The zero-order chi connectivity index (χ0) is 14.9. The van der Waals surface area contributed by atoms with Gasteiger partial charge in [-0.05, 0) is 19.2 Å². The molecular weight excluding hydrogens is 295 g/mol. The average molecular weight is 313 g/mol. The maximum absolute atomic E-state index is 14.1. The second-order valence-corrected chi connectivity index (χ2v) is 7.16. The highest BCUT2D eigenvalue weighted by atomic mass is 35.5. The fraction of sp³-hybridized carbons (Fsp3) is 0.400. The van der Waals surface area contributed by atoms with Crippen molar-refractivity contribution >= 4 is 22.9 Å². The second-order valence-electron chi connectivity index (χ2n) is 5.67. The Labute approximate surface area is 128 Å². The van der Waals surface area contributed by atoms with Crippen LogP contribution in [0.3, 0.4) is 0 Å². The largest absolute Gasteiger partial charge is 0.315 e. The number of aromatic nitrogens is 1. The molecule has 0 unspecified atom stereocenters. The Bertz CT molecular complexity index is 617. The van der Waals surface area contributed by atoms with Crippen molar-refractivity contribution in [3.05, 3.63) is 39.6 Å². The van der Waals surface area contributed by atoms with Crippen LogP contribution >= 0.6 is 22.9 Å². The summed E-state index contributed by atoms with van der Waals surface area (Å²) in [6.45, 7) is 7.06. The van der Waals surface area contributed by atoms with Crippen molar-refractivity contribution < 1.29 is 4.39 Å². The number of benzene rings is 1. The summed E-state index contributed by atoms with van der Waals surface area (Å²) in [7, 11) is 1.89. The van der Waals surface area contributed by atoms with E-state index in [1.165, 1.54) is 11.3 Å². The standard InChI is InChI=1S/C15H18ClFN2S/c1-15(2,3)13-11(8-18-4)20-14(19-13)9-6-5-7-10(16)12(9)17/h5-7,18H,8H2,1-4H3. The lowest BCUT2D eigenvalue weighted by molar-refractivity contribution is 0.563. The summed E-state index contributed by atoms with van der Waals surface area (Å²) in [5, 5.41) is 3.95. The average Bonchev–Trinajstić information content (AvgIpc) is 2.77. The van der Waals surface area contributed by atoms with Crippen LogP contribution < -0.4 is 5.32 Å². The van der Waals surface area contributed by atoms with E-state index < -0.39 is 5.82 Å². The molecule has 0 radical (unpaired) electrons. The van der Waals surface area contributed by atoms with Gasteiger partial charge in [0.1, 0.15) is 5.01 Å². The molecule has 0 bridgehead atoms. The molecule has 0 saturated heterocycles. The molecule has 0 spiro atoms. The summed E-state index contributed by atoms with van der Waals surface area (Å²) >= 11 is 7.37. The van der Waals surface area contributed by atoms with Gasteiger partial charge in [0.2, 0.25) is 0 Å². The molecular formula is C15H18ClFN2S. The van der Waals surface area contributed by atoms with Crippen molar-refractivity contribution in [2.75, 3.05) is 7.05 Å². The van der Waals surface area contributed by atoms with Crippen LogP contribution in [0.15, 0.2) is 18.2 Å². The highest BCUT2D eigenvalue weighted by Gasteiger charge is 2.24. The smallest absolute Gasteiger partial charge is 0.152 e. The molecule has 2 rings (SSSR count). The van der Waals surface area contributed by atoms with E-state index in [-0.39, 0.29) is 10.4 Å². The third-order valence-corrected chi connectivity index (χ3v) is 4.31. The highest BCUT2D eigenvalue weighted by molar-refractivity contribution is 7.15. The molecule has 1 aromatic heterocycles. The zero-order valence-electron chi connectivity index (χ0n) is 12.1. The van der Waals surface area contributed by atoms with Crippen molar-refractivity contribution in [2.45, 2.75) is 32.7 Å². The van der Waals surface area contributed by atoms with Gasteiger partial charge in [-0.3, -0.25) is 0 Å². The van der Waals surface area contributed by atoms with E-state index >= 15 is 0 Å². The number of nitrogens with one attached hydrogen (secondary N) is 1. The highest BCUT2D eigenvalue weighted by Crippen LogP contribution is 2.36. The van der Waals surface area contributed by atoms with Gasteiger partial charge in [0.25, 0.3) is 0 Å². The van der Waals surface area contributed by atoms with Crippen LogP contribution in [0.5, 0.6) is 0 Å². The summed E-state index contributed by atoms with van der Waals surface area (Å²) in [5.74, 6) is -0.403. The first-order valence-electron chi connectivity index (χ1n) is 6.43. The van der Waals surface area contributed by atoms with Gasteiger partial charge < -0.3 is 5.32 Å². The number of halogens is 2. The lowest BCUT2D eigenvalue weighted by Crippen LogP contribution is -2.16. The van der Waals surface area contributed by atoms with Crippen LogP contribution in [-0.2, 0) is 12.0 Å². The predicted octanol–water partition coefficient (Wildman–Crippen LogP) is 4.62. The first-order chi connectivity index (χ1) is 9.34. The Balaban J connectivity index is 2.56. The molecule has 5 heteroatoms. The number of nitrogens with zero attached hydrogens (tertiary/aromatic N) is 1. The van der Waals surface area contributed by atoms with Gasteiger partial charge in [0.05, 0.1) is 10.7 Å². The van der Waals surface area contributed by atoms with Gasteiger partial charge in [-0.1, -0.05) is 38.4 Å². The Kier molecular flexibility index (Phi) is 4.47. The SMILES string of the molecule is CNCc1sc(-c2cccc(Cl)c2F)nc1C(C)(C)C. The summed E-state index contributed by atoms with van der Waals surface area (Å²) in [5.41, 5.74) is 1.40. The Morgan fingerprint density at radius 2 is 2.05 bits per heavy atom. The lowest BCUT2D eigenvalue weighted by Gasteiger charge is -2.17. The first kappa shape index (κ1) is 15.4. The minimum Gasteiger partial charge on any atom is -0.315 e. The molecule has 1 N–H and O–H groups in total. The van der Waals surface area contributed by atoms with E-state index in [1.807, 2.05) is 7.05 Å². The molecule has 2 nitrogen and oxygen atoms in total. The molecule has 1 heterocycles. The molecule has 0 saturated carbocycles. The van der Waals surface area contributed by atoms with E-state index in [0.29, 0.717) is 10.6 Å². The van der Waals surface area contributed by atoms with Crippen LogP contribution in [0.25, 0.3) is 10.6 Å². The van der Waals surface area contributed by atoms with E-state index in [4.69, 9.17) is 11.6 Å².